The summed E-state index contributed by atoms with van der Waals surface area (Å²) in [4.78, 5) is 18.9. The number of fused-ring (bicyclic) bond motifs is 1. The number of imidazole rings is 1. The van der Waals surface area contributed by atoms with Crippen molar-refractivity contribution in [2.24, 2.45) is 0 Å². The quantitative estimate of drug-likeness (QED) is 0.583. The van der Waals surface area contributed by atoms with E-state index in [4.69, 9.17) is 0 Å². The third-order valence-electron chi connectivity index (χ3n) is 5.16. The Morgan fingerprint density at radius 1 is 1.00 bits per heavy atom. The zero-order chi connectivity index (χ0) is 18.2. The summed E-state index contributed by atoms with van der Waals surface area (Å²) in [5, 5.41) is 7.90. The number of anilines is 1. The van der Waals surface area contributed by atoms with Gasteiger partial charge in [0, 0.05) is 19.0 Å². The molecular formula is C19H18FN7. The molecule has 0 radical (unpaired) electrons. The Morgan fingerprint density at radius 2 is 1.81 bits per heavy atom. The molecule has 0 amide bonds. The van der Waals surface area contributed by atoms with Gasteiger partial charge in [-0.3, -0.25) is 5.10 Å². The lowest BCUT2D eigenvalue weighted by Gasteiger charge is -2.32. The first-order valence-electron chi connectivity index (χ1n) is 8.98. The molecule has 0 spiro atoms. The molecule has 0 bridgehead atoms. The van der Waals surface area contributed by atoms with Crippen molar-refractivity contribution in [2.45, 2.75) is 18.8 Å². The molecule has 0 aliphatic carbocycles. The lowest BCUT2D eigenvalue weighted by molar-refractivity contribution is 0.487. The number of H-pyrrole nitrogens is 2. The lowest BCUT2D eigenvalue weighted by Crippen LogP contribution is -2.33. The Balaban J connectivity index is 1.31. The summed E-state index contributed by atoms with van der Waals surface area (Å²) in [6, 6.07) is 6.46. The molecule has 5 rings (SSSR count). The Bertz CT molecular complexity index is 1060. The summed E-state index contributed by atoms with van der Waals surface area (Å²) in [7, 11) is 0. The highest BCUT2D eigenvalue weighted by Gasteiger charge is 2.25. The molecule has 1 aliphatic heterocycles. The van der Waals surface area contributed by atoms with Gasteiger partial charge in [-0.25, -0.2) is 19.3 Å². The molecule has 0 unspecified atom stereocenters. The standard InChI is InChI=1S/C19H18FN7/c20-14-3-1-12(2-4-14)16-10-21-17(25-16)13-5-7-27(8-6-13)19-15-9-24-26-18(15)22-11-23-19/h1-4,9-11,13H,5-8H2,(H,21,25)(H,22,23,24,26). The second-order valence-corrected chi connectivity index (χ2v) is 6.78. The maximum atomic E-state index is 13.1. The Hall–Kier alpha value is -3.29. The number of aromatic amines is 2. The van der Waals surface area contributed by atoms with E-state index in [-0.39, 0.29) is 5.82 Å². The van der Waals surface area contributed by atoms with E-state index < -0.39 is 0 Å². The molecule has 1 aliphatic rings. The second-order valence-electron chi connectivity index (χ2n) is 6.78. The predicted molar refractivity (Wildman–Crippen MR) is 99.9 cm³/mol. The summed E-state index contributed by atoms with van der Waals surface area (Å²) in [6.45, 7) is 1.79. The van der Waals surface area contributed by atoms with E-state index in [9.17, 15) is 4.39 Å². The monoisotopic (exact) mass is 363 g/mol. The highest BCUT2D eigenvalue weighted by molar-refractivity contribution is 5.86. The van der Waals surface area contributed by atoms with E-state index in [0.717, 1.165) is 59.9 Å². The van der Waals surface area contributed by atoms with Crippen molar-refractivity contribution in [1.29, 1.82) is 0 Å². The van der Waals surface area contributed by atoms with Crippen molar-refractivity contribution in [3.63, 3.8) is 0 Å². The fourth-order valence-corrected chi connectivity index (χ4v) is 3.69. The minimum atomic E-state index is -0.234. The molecule has 3 aromatic heterocycles. The van der Waals surface area contributed by atoms with Crippen LogP contribution in [-0.2, 0) is 0 Å². The number of halogens is 1. The second kappa shape index (κ2) is 6.46. The SMILES string of the molecule is Fc1ccc(-c2cnc(C3CCN(c4ncnc5[nH]ncc45)CC3)[nH]2)cc1. The number of benzene rings is 1. The predicted octanol–water partition coefficient (Wildman–Crippen LogP) is 3.27. The Morgan fingerprint density at radius 3 is 2.63 bits per heavy atom. The van der Waals surface area contributed by atoms with Crippen molar-refractivity contribution in [3.05, 3.63) is 54.6 Å². The van der Waals surface area contributed by atoms with E-state index in [1.54, 1.807) is 24.7 Å². The van der Waals surface area contributed by atoms with Crippen molar-refractivity contribution >= 4 is 16.9 Å². The maximum Gasteiger partial charge on any atom is 0.160 e. The zero-order valence-corrected chi connectivity index (χ0v) is 14.6. The van der Waals surface area contributed by atoms with Crippen LogP contribution in [0.1, 0.15) is 24.6 Å². The first kappa shape index (κ1) is 15.9. The van der Waals surface area contributed by atoms with Crippen LogP contribution in [0.5, 0.6) is 0 Å². The summed E-state index contributed by atoms with van der Waals surface area (Å²) >= 11 is 0. The smallest absolute Gasteiger partial charge is 0.160 e. The van der Waals surface area contributed by atoms with Gasteiger partial charge in [0.1, 0.15) is 23.8 Å². The molecule has 8 heteroatoms. The Labute approximate surface area is 154 Å². The molecule has 1 saturated heterocycles. The fraction of sp³-hybridized carbons (Fsp3) is 0.263. The van der Waals surface area contributed by atoms with Gasteiger partial charge in [-0.2, -0.15) is 5.10 Å². The highest BCUT2D eigenvalue weighted by atomic mass is 19.1. The summed E-state index contributed by atoms with van der Waals surface area (Å²) in [5.41, 5.74) is 2.62. The minimum Gasteiger partial charge on any atom is -0.356 e. The summed E-state index contributed by atoms with van der Waals surface area (Å²) in [5.74, 6) is 2.06. The summed E-state index contributed by atoms with van der Waals surface area (Å²) in [6.07, 6.45) is 7.15. The van der Waals surface area contributed by atoms with Gasteiger partial charge in [0.05, 0.1) is 23.5 Å². The van der Waals surface area contributed by atoms with Crippen LogP contribution in [0.15, 0.2) is 43.0 Å². The number of nitrogens with zero attached hydrogens (tertiary/aromatic N) is 5. The van der Waals surface area contributed by atoms with Crippen LogP contribution in [0.25, 0.3) is 22.3 Å². The van der Waals surface area contributed by atoms with Gasteiger partial charge in [-0.15, -0.1) is 0 Å². The minimum absolute atomic E-state index is 0.234. The molecule has 2 N–H and O–H groups in total. The van der Waals surface area contributed by atoms with Crippen molar-refractivity contribution in [1.82, 2.24) is 30.1 Å². The van der Waals surface area contributed by atoms with Crippen molar-refractivity contribution < 1.29 is 4.39 Å². The normalized spacial score (nSPS) is 15.5. The van der Waals surface area contributed by atoms with Crippen LogP contribution < -0.4 is 4.90 Å². The van der Waals surface area contributed by atoms with Gasteiger partial charge in [-0.05, 0) is 42.7 Å². The van der Waals surface area contributed by atoms with E-state index in [1.165, 1.54) is 12.1 Å². The third-order valence-corrected chi connectivity index (χ3v) is 5.16. The first-order valence-corrected chi connectivity index (χ1v) is 8.98. The molecule has 7 nitrogen and oxygen atoms in total. The van der Waals surface area contributed by atoms with Crippen LogP contribution in [0, 0.1) is 5.82 Å². The number of piperidine rings is 1. The average Bonchev–Trinajstić information content (AvgIpc) is 3.38. The molecular weight excluding hydrogens is 345 g/mol. The number of nitrogens with one attached hydrogen (secondary N) is 2. The van der Waals surface area contributed by atoms with E-state index >= 15 is 0 Å². The molecule has 0 atom stereocenters. The number of rotatable bonds is 3. The van der Waals surface area contributed by atoms with E-state index in [1.807, 2.05) is 6.20 Å². The van der Waals surface area contributed by atoms with Gasteiger partial charge in [0.2, 0.25) is 0 Å². The molecule has 1 aromatic carbocycles. The molecule has 27 heavy (non-hydrogen) atoms. The number of hydrogen-bond acceptors (Lipinski definition) is 5. The van der Waals surface area contributed by atoms with Gasteiger partial charge in [0.15, 0.2) is 5.65 Å². The van der Waals surface area contributed by atoms with Crippen LogP contribution in [0.3, 0.4) is 0 Å². The molecule has 1 fully saturated rings. The van der Waals surface area contributed by atoms with Gasteiger partial charge >= 0.3 is 0 Å². The molecule has 4 heterocycles. The first-order chi connectivity index (χ1) is 13.3. The zero-order valence-electron chi connectivity index (χ0n) is 14.6. The molecule has 0 saturated carbocycles. The maximum absolute atomic E-state index is 13.1. The lowest BCUT2D eigenvalue weighted by atomic mass is 9.96. The van der Waals surface area contributed by atoms with Gasteiger partial charge in [-0.1, -0.05) is 0 Å². The molecule has 4 aromatic rings. The molecule has 136 valence electrons. The van der Waals surface area contributed by atoms with Crippen molar-refractivity contribution in [3.8, 4) is 11.3 Å². The van der Waals surface area contributed by atoms with E-state index in [0.29, 0.717) is 5.92 Å². The third kappa shape index (κ3) is 2.92. The van der Waals surface area contributed by atoms with Crippen LogP contribution in [0.4, 0.5) is 10.2 Å². The van der Waals surface area contributed by atoms with Crippen LogP contribution in [-0.4, -0.2) is 43.2 Å². The van der Waals surface area contributed by atoms with Gasteiger partial charge in [0.25, 0.3) is 0 Å². The average molecular weight is 363 g/mol. The van der Waals surface area contributed by atoms with Crippen LogP contribution >= 0.6 is 0 Å². The van der Waals surface area contributed by atoms with Crippen LogP contribution in [0.2, 0.25) is 0 Å². The topological polar surface area (TPSA) is 86.4 Å². The Kier molecular flexibility index (Phi) is 3.81. The number of hydrogen-bond donors (Lipinski definition) is 2. The fourth-order valence-electron chi connectivity index (χ4n) is 3.69. The number of aromatic nitrogens is 6. The largest absolute Gasteiger partial charge is 0.356 e. The summed E-state index contributed by atoms with van der Waals surface area (Å²) < 4.78 is 13.1. The van der Waals surface area contributed by atoms with E-state index in [2.05, 4.69) is 35.0 Å². The highest BCUT2D eigenvalue weighted by Crippen LogP contribution is 2.31. The van der Waals surface area contributed by atoms with Gasteiger partial charge < -0.3 is 9.88 Å². The van der Waals surface area contributed by atoms with Crippen molar-refractivity contribution in [2.75, 3.05) is 18.0 Å².